The Bertz CT molecular complexity index is 343. The van der Waals surface area contributed by atoms with Gasteiger partial charge >= 0.3 is 0 Å². The summed E-state index contributed by atoms with van der Waals surface area (Å²) in [7, 11) is 0. The highest BCUT2D eigenvalue weighted by molar-refractivity contribution is 5.37. The van der Waals surface area contributed by atoms with E-state index in [1.54, 1.807) is 6.20 Å². The number of nitrogen functional groups attached to an aromatic ring is 1. The van der Waals surface area contributed by atoms with Gasteiger partial charge in [0.2, 0.25) is 0 Å². The van der Waals surface area contributed by atoms with Gasteiger partial charge in [0.05, 0.1) is 5.69 Å². The number of anilines is 1. The molecule has 0 aromatic carbocycles. The minimum atomic E-state index is 0.816. The molecule has 1 aliphatic rings. The zero-order valence-corrected chi connectivity index (χ0v) is 10.7. The van der Waals surface area contributed by atoms with Gasteiger partial charge in [0.15, 0.2) is 0 Å². The maximum atomic E-state index is 5.77. The second-order valence-corrected chi connectivity index (χ2v) is 5.09. The molecule has 17 heavy (non-hydrogen) atoms. The van der Waals surface area contributed by atoms with E-state index in [0.29, 0.717) is 0 Å². The van der Waals surface area contributed by atoms with Crippen molar-refractivity contribution >= 4 is 5.69 Å². The molecule has 0 radical (unpaired) electrons. The molecule has 3 heteroatoms. The number of aromatic nitrogens is 1. The molecule has 0 unspecified atom stereocenters. The molecule has 2 heterocycles. The monoisotopic (exact) mass is 233 g/mol. The van der Waals surface area contributed by atoms with Crippen molar-refractivity contribution in [2.24, 2.45) is 5.92 Å². The number of likely N-dealkylation sites (tertiary alicyclic amines) is 1. The summed E-state index contributed by atoms with van der Waals surface area (Å²) in [5.74, 6) is 0.949. The second kappa shape index (κ2) is 6.01. The summed E-state index contributed by atoms with van der Waals surface area (Å²) in [5, 5.41) is 0. The summed E-state index contributed by atoms with van der Waals surface area (Å²) in [6.07, 6.45) is 7.20. The van der Waals surface area contributed by atoms with Gasteiger partial charge < -0.3 is 5.73 Å². The van der Waals surface area contributed by atoms with Crippen molar-refractivity contribution in [3.05, 3.63) is 24.0 Å². The lowest BCUT2D eigenvalue weighted by molar-refractivity contribution is 0.170. The number of hydrogen-bond acceptors (Lipinski definition) is 3. The molecule has 0 atom stereocenters. The van der Waals surface area contributed by atoms with E-state index >= 15 is 0 Å². The Balaban J connectivity index is 1.82. The maximum absolute atomic E-state index is 5.77. The summed E-state index contributed by atoms with van der Waals surface area (Å²) < 4.78 is 0. The fraction of sp³-hybridized carbons (Fsp3) is 0.643. The van der Waals surface area contributed by atoms with Crippen LogP contribution in [0.3, 0.4) is 0 Å². The molecule has 94 valence electrons. The fourth-order valence-electron chi connectivity index (χ4n) is 2.65. The zero-order chi connectivity index (χ0) is 12.1. The van der Waals surface area contributed by atoms with Crippen LogP contribution in [0, 0.1) is 5.92 Å². The van der Waals surface area contributed by atoms with Crippen molar-refractivity contribution in [2.75, 3.05) is 18.8 Å². The van der Waals surface area contributed by atoms with Crippen molar-refractivity contribution in [1.29, 1.82) is 0 Å². The van der Waals surface area contributed by atoms with Crippen LogP contribution < -0.4 is 5.73 Å². The molecule has 1 fully saturated rings. The molecule has 1 aliphatic heterocycles. The highest BCUT2D eigenvalue weighted by Crippen LogP contribution is 2.22. The Labute approximate surface area is 104 Å². The van der Waals surface area contributed by atoms with Gasteiger partial charge in [0, 0.05) is 18.4 Å². The molecule has 2 N–H and O–H groups in total. The van der Waals surface area contributed by atoms with Gasteiger partial charge in [-0.1, -0.05) is 19.8 Å². The summed E-state index contributed by atoms with van der Waals surface area (Å²) >= 11 is 0. The van der Waals surface area contributed by atoms with Gasteiger partial charge in [0.25, 0.3) is 0 Å². The van der Waals surface area contributed by atoms with E-state index in [-0.39, 0.29) is 0 Å². The first-order valence-corrected chi connectivity index (χ1v) is 6.70. The molecular weight excluding hydrogens is 210 g/mol. The Morgan fingerprint density at radius 3 is 2.82 bits per heavy atom. The minimum Gasteiger partial charge on any atom is -0.399 e. The van der Waals surface area contributed by atoms with E-state index in [1.165, 1.54) is 38.8 Å². The predicted molar refractivity (Wildman–Crippen MR) is 71.6 cm³/mol. The number of pyridine rings is 1. The van der Waals surface area contributed by atoms with Crippen LogP contribution in [0.2, 0.25) is 0 Å². The van der Waals surface area contributed by atoms with Crippen molar-refractivity contribution in [3.8, 4) is 0 Å². The molecule has 0 bridgehead atoms. The van der Waals surface area contributed by atoms with Gasteiger partial charge in [-0.2, -0.15) is 0 Å². The molecule has 0 aliphatic carbocycles. The van der Waals surface area contributed by atoms with Gasteiger partial charge in [-0.15, -0.1) is 0 Å². The number of nitrogens with zero attached hydrogens (tertiary/aromatic N) is 2. The Morgan fingerprint density at radius 2 is 2.18 bits per heavy atom. The van der Waals surface area contributed by atoms with E-state index in [9.17, 15) is 0 Å². The molecule has 1 aromatic heterocycles. The van der Waals surface area contributed by atoms with E-state index in [2.05, 4.69) is 16.8 Å². The van der Waals surface area contributed by atoms with E-state index in [0.717, 1.165) is 23.8 Å². The van der Waals surface area contributed by atoms with Crippen LogP contribution in [0.4, 0.5) is 5.69 Å². The van der Waals surface area contributed by atoms with Crippen molar-refractivity contribution in [3.63, 3.8) is 0 Å². The van der Waals surface area contributed by atoms with Crippen molar-refractivity contribution < 1.29 is 0 Å². The predicted octanol–water partition coefficient (Wildman–Crippen LogP) is 2.68. The van der Waals surface area contributed by atoms with Gasteiger partial charge in [-0.3, -0.25) is 9.88 Å². The molecular formula is C14H23N3. The molecule has 3 nitrogen and oxygen atoms in total. The molecule has 0 spiro atoms. The Hall–Kier alpha value is -1.09. The molecule has 1 saturated heterocycles. The van der Waals surface area contributed by atoms with E-state index in [4.69, 9.17) is 5.73 Å². The third-order valence-corrected chi connectivity index (χ3v) is 3.63. The maximum Gasteiger partial charge on any atom is 0.0564 e. The lowest BCUT2D eigenvalue weighted by atomic mass is 9.92. The number of piperidine rings is 1. The topological polar surface area (TPSA) is 42.1 Å². The van der Waals surface area contributed by atoms with Crippen LogP contribution in [0.25, 0.3) is 0 Å². The number of nitrogens with two attached hydrogens (primary N) is 1. The third-order valence-electron chi connectivity index (χ3n) is 3.63. The smallest absolute Gasteiger partial charge is 0.0564 e. The fourth-order valence-corrected chi connectivity index (χ4v) is 2.65. The minimum absolute atomic E-state index is 0.816. The molecule has 2 rings (SSSR count). The van der Waals surface area contributed by atoms with Crippen LogP contribution in [0.5, 0.6) is 0 Å². The Morgan fingerprint density at radius 1 is 1.41 bits per heavy atom. The van der Waals surface area contributed by atoms with E-state index < -0.39 is 0 Å². The molecule has 0 saturated carbocycles. The quantitative estimate of drug-likeness (QED) is 0.869. The summed E-state index contributed by atoms with van der Waals surface area (Å²) in [6.45, 7) is 5.65. The van der Waals surface area contributed by atoms with Crippen LogP contribution >= 0.6 is 0 Å². The first-order valence-electron chi connectivity index (χ1n) is 6.70. The average molecular weight is 233 g/mol. The third kappa shape index (κ3) is 3.70. The SMILES string of the molecule is CCCC1CCN(Cc2cc(N)ccn2)CC1. The number of rotatable bonds is 4. The molecule has 0 amide bonds. The first-order chi connectivity index (χ1) is 8.28. The van der Waals surface area contributed by atoms with Crippen molar-refractivity contribution in [2.45, 2.75) is 39.2 Å². The average Bonchev–Trinajstić information content (AvgIpc) is 2.32. The standard InChI is InChI=1S/C14H23N3/c1-2-3-12-5-8-17(9-6-12)11-14-10-13(15)4-7-16-14/h4,7,10,12H,2-3,5-6,8-9,11H2,1H3,(H2,15,16). The van der Waals surface area contributed by atoms with Crippen LogP contribution in [-0.2, 0) is 6.54 Å². The van der Waals surface area contributed by atoms with Crippen LogP contribution in [0.1, 0.15) is 38.3 Å². The largest absolute Gasteiger partial charge is 0.399 e. The van der Waals surface area contributed by atoms with Gasteiger partial charge in [-0.05, 0) is 44.0 Å². The summed E-state index contributed by atoms with van der Waals surface area (Å²) in [5.41, 5.74) is 7.68. The second-order valence-electron chi connectivity index (χ2n) is 5.09. The summed E-state index contributed by atoms with van der Waals surface area (Å²) in [6, 6.07) is 3.83. The zero-order valence-electron chi connectivity index (χ0n) is 10.7. The highest BCUT2D eigenvalue weighted by Gasteiger charge is 2.18. The van der Waals surface area contributed by atoms with Crippen LogP contribution in [0.15, 0.2) is 18.3 Å². The number of hydrogen-bond donors (Lipinski definition) is 1. The highest BCUT2D eigenvalue weighted by atomic mass is 15.1. The molecule has 1 aromatic rings. The van der Waals surface area contributed by atoms with Gasteiger partial charge in [0.1, 0.15) is 0 Å². The van der Waals surface area contributed by atoms with Crippen LogP contribution in [-0.4, -0.2) is 23.0 Å². The van der Waals surface area contributed by atoms with Crippen molar-refractivity contribution in [1.82, 2.24) is 9.88 Å². The summed E-state index contributed by atoms with van der Waals surface area (Å²) in [4.78, 5) is 6.86. The normalized spacial score (nSPS) is 18.4. The Kier molecular flexibility index (Phi) is 4.37. The van der Waals surface area contributed by atoms with E-state index in [1.807, 2.05) is 12.1 Å². The lowest BCUT2D eigenvalue weighted by Gasteiger charge is -2.31. The first kappa shape index (κ1) is 12.4. The lowest BCUT2D eigenvalue weighted by Crippen LogP contribution is -2.33. The van der Waals surface area contributed by atoms with Gasteiger partial charge in [-0.25, -0.2) is 0 Å².